The minimum Gasteiger partial charge on any atom is -0.365 e. The fourth-order valence-corrected chi connectivity index (χ4v) is 5.16. The maximum atomic E-state index is 12.9. The van der Waals surface area contributed by atoms with Crippen molar-refractivity contribution in [2.24, 2.45) is 5.92 Å². The zero-order valence-corrected chi connectivity index (χ0v) is 22.2. The second kappa shape index (κ2) is 13.2. The molecule has 2 atom stereocenters. The van der Waals surface area contributed by atoms with E-state index in [-0.39, 0.29) is 24.9 Å². The number of aryl methyl sites for hydroxylation is 1. The van der Waals surface area contributed by atoms with Crippen LogP contribution in [0.1, 0.15) is 12.5 Å². The summed E-state index contributed by atoms with van der Waals surface area (Å²) < 4.78 is 0. The lowest BCUT2D eigenvalue weighted by molar-refractivity contribution is -0.128. The van der Waals surface area contributed by atoms with Crippen molar-refractivity contribution in [3.05, 3.63) is 65.2 Å². The van der Waals surface area contributed by atoms with E-state index in [9.17, 15) is 19.6 Å². The highest BCUT2D eigenvalue weighted by Crippen LogP contribution is 2.38. The van der Waals surface area contributed by atoms with Gasteiger partial charge in [0.05, 0.1) is 23.6 Å². The fourth-order valence-electron chi connectivity index (χ4n) is 3.87. The molecular weight excluding hydrogens is 502 g/mol. The molecule has 2 unspecified atom stereocenters. The van der Waals surface area contributed by atoms with Gasteiger partial charge in [-0.05, 0) is 49.7 Å². The molecule has 2 aromatic carbocycles. The molecule has 3 rings (SSSR count). The Labute approximate surface area is 226 Å². The zero-order chi connectivity index (χ0) is 27.7. The third kappa shape index (κ3) is 7.05. The number of carbonyl (C=O) groups is 3. The van der Waals surface area contributed by atoms with Crippen molar-refractivity contribution in [2.75, 3.05) is 42.2 Å². The van der Waals surface area contributed by atoms with E-state index in [1.54, 1.807) is 37.3 Å². The molecule has 1 aliphatic heterocycles. The molecule has 1 aliphatic rings. The number of nitrogens with one attached hydrogen (secondary N) is 3. The number of thioether (sulfide) groups is 1. The Balaban J connectivity index is 1.65. The molecular formula is C27H29N7O3S. The molecule has 0 spiro atoms. The summed E-state index contributed by atoms with van der Waals surface area (Å²) >= 11 is 1.12. The summed E-state index contributed by atoms with van der Waals surface area (Å²) in [5.41, 5.74) is 3.29. The number of amides is 3. The van der Waals surface area contributed by atoms with Crippen molar-refractivity contribution in [1.82, 2.24) is 10.2 Å². The van der Waals surface area contributed by atoms with Gasteiger partial charge in [-0.3, -0.25) is 14.4 Å². The van der Waals surface area contributed by atoms with E-state index in [4.69, 9.17) is 5.26 Å². The van der Waals surface area contributed by atoms with Crippen LogP contribution in [0, 0.1) is 35.5 Å². The lowest BCUT2D eigenvalue weighted by Crippen LogP contribution is -2.43. The SMILES string of the molecule is CCN1C(=O)/C(=C\Nc2cccc(NC(=O)CN(C)c3cccc(C)c3)c2)SC1C(C#N)C(=O)NCC#N. The molecule has 0 radical (unpaired) electrons. The molecule has 3 amide bonds. The summed E-state index contributed by atoms with van der Waals surface area (Å²) in [6.45, 7) is 4.04. The van der Waals surface area contributed by atoms with Crippen LogP contribution in [0.15, 0.2) is 59.6 Å². The molecule has 0 aromatic heterocycles. The van der Waals surface area contributed by atoms with Gasteiger partial charge in [-0.1, -0.05) is 30.0 Å². The summed E-state index contributed by atoms with van der Waals surface area (Å²) in [6.07, 6.45) is 1.53. The molecule has 1 saturated heterocycles. The Morgan fingerprint density at radius 3 is 2.61 bits per heavy atom. The number of anilines is 3. The Morgan fingerprint density at radius 2 is 1.92 bits per heavy atom. The van der Waals surface area contributed by atoms with Gasteiger partial charge < -0.3 is 25.8 Å². The van der Waals surface area contributed by atoms with Crippen LogP contribution < -0.4 is 20.9 Å². The first-order valence-corrected chi connectivity index (χ1v) is 12.8. The lowest BCUT2D eigenvalue weighted by Gasteiger charge is -2.24. The number of benzene rings is 2. The standard InChI is InChI=1S/C27H29N7O3S/c1-4-34-26(37)23(38-27(34)22(15-29)25(36)30-12-11-28)16-31-19-8-6-9-20(14-19)32-24(35)17-33(3)21-10-5-7-18(2)13-21/h5-10,13-14,16,22,27,31H,4,12,17H2,1-3H3,(H,30,36)(H,32,35)/b23-16+. The van der Waals surface area contributed by atoms with E-state index in [1.807, 2.05) is 49.2 Å². The first-order chi connectivity index (χ1) is 18.3. The molecule has 11 heteroatoms. The van der Waals surface area contributed by atoms with Gasteiger partial charge in [0.15, 0.2) is 5.92 Å². The van der Waals surface area contributed by atoms with E-state index in [0.29, 0.717) is 22.8 Å². The van der Waals surface area contributed by atoms with Crippen LogP contribution in [0.2, 0.25) is 0 Å². The van der Waals surface area contributed by atoms with Gasteiger partial charge in [0, 0.05) is 36.9 Å². The van der Waals surface area contributed by atoms with Crippen molar-refractivity contribution in [3.63, 3.8) is 0 Å². The number of likely N-dealkylation sites (N-methyl/N-ethyl adjacent to an activating group) is 2. The maximum absolute atomic E-state index is 12.9. The van der Waals surface area contributed by atoms with Crippen molar-refractivity contribution < 1.29 is 14.4 Å². The molecule has 1 fully saturated rings. The summed E-state index contributed by atoms with van der Waals surface area (Å²) in [5.74, 6) is -2.19. The minimum absolute atomic E-state index is 0.173. The van der Waals surface area contributed by atoms with Gasteiger partial charge in [0.2, 0.25) is 11.8 Å². The summed E-state index contributed by atoms with van der Waals surface area (Å²) in [4.78, 5) is 41.5. The molecule has 10 nitrogen and oxygen atoms in total. The van der Waals surface area contributed by atoms with Crippen LogP contribution in [0.4, 0.5) is 17.1 Å². The first kappa shape index (κ1) is 28.1. The van der Waals surface area contributed by atoms with E-state index in [1.165, 1.54) is 11.1 Å². The summed E-state index contributed by atoms with van der Waals surface area (Å²) in [7, 11) is 1.85. The van der Waals surface area contributed by atoms with Gasteiger partial charge >= 0.3 is 0 Å². The first-order valence-electron chi connectivity index (χ1n) is 11.9. The molecule has 3 N–H and O–H groups in total. The number of nitrogens with zero attached hydrogens (tertiary/aromatic N) is 4. The lowest BCUT2D eigenvalue weighted by atomic mass is 10.1. The average molecular weight is 532 g/mol. The normalized spacial score (nSPS) is 16.3. The van der Waals surface area contributed by atoms with Gasteiger partial charge in [0.25, 0.3) is 5.91 Å². The smallest absolute Gasteiger partial charge is 0.262 e. The predicted molar refractivity (Wildman–Crippen MR) is 148 cm³/mol. The van der Waals surface area contributed by atoms with E-state index in [0.717, 1.165) is 23.0 Å². The molecule has 0 aliphatic carbocycles. The van der Waals surface area contributed by atoms with E-state index < -0.39 is 17.2 Å². The van der Waals surface area contributed by atoms with Crippen molar-refractivity contribution in [2.45, 2.75) is 19.2 Å². The second-order valence-electron chi connectivity index (χ2n) is 8.56. The number of rotatable bonds is 10. The highest BCUT2D eigenvalue weighted by atomic mass is 32.2. The maximum Gasteiger partial charge on any atom is 0.262 e. The Kier molecular flexibility index (Phi) is 9.74. The molecule has 38 heavy (non-hydrogen) atoms. The molecule has 0 saturated carbocycles. The van der Waals surface area contributed by atoms with Crippen LogP contribution in [-0.4, -0.2) is 54.7 Å². The van der Waals surface area contributed by atoms with Crippen molar-refractivity contribution >= 4 is 46.5 Å². The van der Waals surface area contributed by atoms with Crippen LogP contribution in [0.3, 0.4) is 0 Å². The van der Waals surface area contributed by atoms with E-state index in [2.05, 4.69) is 16.0 Å². The Morgan fingerprint density at radius 1 is 1.18 bits per heavy atom. The highest BCUT2D eigenvalue weighted by Gasteiger charge is 2.43. The summed E-state index contributed by atoms with van der Waals surface area (Å²) in [5, 5.41) is 25.9. The number of carbonyl (C=O) groups excluding carboxylic acids is 3. The third-order valence-corrected chi connectivity index (χ3v) is 7.07. The number of hydrogen-bond donors (Lipinski definition) is 3. The number of nitriles is 2. The predicted octanol–water partition coefficient (Wildman–Crippen LogP) is 3.02. The Hall–Kier alpha value is -4.48. The van der Waals surface area contributed by atoms with Crippen LogP contribution >= 0.6 is 11.8 Å². The van der Waals surface area contributed by atoms with Crippen molar-refractivity contribution in [1.29, 1.82) is 10.5 Å². The molecule has 196 valence electrons. The van der Waals surface area contributed by atoms with Crippen LogP contribution in [-0.2, 0) is 14.4 Å². The quantitative estimate of drug-likeness (QED) is 0.314. The Bertz CT molecular complexity index is 1310. The number of hydrogen-bond acceptors (Lipinski definition) is 8. The van der Waals surface area contributed by atoms with Gasteiger partial charge in [-0.2, -0.15) is 10.5 Å². The van der Waals surface area contributed by atoms with Gasteiger partial charge in [-0.25, -0.2) is 0 Å². The minimum atomic E-state index is -1.13. The van der Waals surface area contributed by atoms with Crippen LogP contribution in [0.25, 0.3) is 0 Å². The fraction of sp³-hybridized carbons (Fsp3) is 0.296. The topological polar surface area (TPSA) is 141 Å². The molecule has 0 bridgehead atoms. The van der Waals surface area contributed by atoms with Crippen LogP contribution in [0.5, 0.6) is 0 Å². The highest BCUT2D eigenvalue weighted by molar-refractivity contribution is 8.05. The largest absolute Gasteiger partial charge is 0.365 e. The molecule has 1 heterocycles. The van der Waals surface area contributed by atoms with E-state index >= 15 is 0 Å². The van der Waals surface area contributed by atoms with Crippen molar-refractivity contribution in [3.8, 4) is 12.1 Å². The monoisotopic (exact) mass is 531 g/mol. The third-order valence-electron chi connectivity index (χ3n) is 5.76. The summed E-state index contributed by atoms with van der Waals surface area (Å²) in [6, 6.07) is 18.7. The molecule has 2 aromatic rings. The van der Waals surface area contributed by atoms with Gasteiger partial charge in [-0.15, -0.1) is 0 Å². The zero-order valence-electron chi connectivity index (χ0n) is 21.4. The van der Waals surface area contributed by atoms with Gasteiger partial charge in [0.1, 0.15) is 11.9 Å². The second-order valence-corrected chi connectivity index (χ2v) is 9.72. The average Bonchev–Trinajstić information content (AvgIpc) is 3.21.